The van der Waals surface area contributed by atoms with Crippen LogP contribution in [0.1, 0.15) is 35.6 Å². The van der Waals surface area contributed by atoms with Crippen LogP contribution in [0.2, 0.25) is 5.02 Å². The highest BCUT2D eigenvalue weighted by Crippen LogP contribution is 2.25. The van der Waals surface area contributed by atoms with Crippen LogP contribution in [0.4, 0.5) is 0 Å². The maximum Gasteiger partial charge on any atom is 0.0847 e. The number of aryl methyl sites for hydroxylation is 3. The lowest BCUT2D eigenvalue weighted by molar-refractivity contribution is 0.528. The molecule has 0 saturated carbocycles. The van der Waals surface area contributed by atoms with Gasteiger partial charge >= 0.3 is 0 Å². The Labute approximate surface area is 125 Å². The summed E-state index contributed by atoms with van der Waals surface area (Å²) in [5.41, 5.74) is 4.20. The van der Waals surface area contributed by atoms with E-state index >= 15 is 0 Å². The molecule has 1 atom stereocenters. The van der Waals surface area contributed by atoms with Crippen LogP contribution < -0.4 is 5.32 Å². The molecule has 0 spiro atoms. The maximum absolute atomic E-state index is 6.35. The Kier molecular flexibility index (Phi) is 4.78. The molecule has 0 fully saturated rings. The number of likely N-dealkylation sites (N-methyl/N-ethyl adjacent to an activating group) is 1. The van der Waals surface area contributed by atoms with E-state index in [2.05, 4.69) is 34.5 Å². The van der Waals surface area contributed by atoms with Crippen molar-refractivity contribution in [3.05, 3.63) is 46.0 Å². The predicted octanol–water partition coefficient (Wildman–Crippen LogP) is 2.98. The standard InChI is InChI=1S/C15H21ClN4/c1-5-17-13(12-6-7-18-10(2)8-12)9-14-15(16)11(3)19-20(14)4/h6-8,13,17H,5,9H2,1-4H3. The highest BCUT2D eigenvalue weighted by Gasteiger charge is 2.18. The topological polar surface area (TPSA) is 42.7 Å². The molecule has 0 saturated heterocycles. The zero-order chi connectivity index (χ0) is 14.7. The molecule has 1 N–H and O–H groups in total. The van der Waals surface area contributed by atoms with Crippen LogP contribution in [0.25, 0.3) is 0 Å². The summed E-state index contributed by atoms with van der Waals surface area (Å²) in [6, 6.07) is 4.39. The van der Waals surface area contributed by atoms with Crippen molar-refractivity contribution in [1.29, 1.82) is 0 Å². The maximum atomic E-state index is 6.35. The van der Waals surface area contributed by atoms with Gasteiger partial charge in [-0.2, -0.15) is 5.10 Å². The molecular formula is C15H21ClN4. The van der Waals surface area contributed by atoms with Crippen molar-refractivity contribution in [3.8, 4) is 0 Å². The first-order valence-corrected chi connectivity index (χ1v) is 7.24. The summed E-state index contributed by atoms with van der Waals surface area (Å²) >= 11 is 6.35. The molecule has 1 unspecified atom stereocenters. The first-order chi connectivity index (χ1) is 9.52. The minimum Gasteiger partial charge on any atom is -0.310 e. The Morgan fingerprint density at radius 2 is 2.15 bits per heavy atom. The van der Waals surface area contributed by atoms with Crippen LogP contribution in [0.3, 0.4) is 0 Å². The molecule has 0 amide bonds. The van der Waals surface area contributed by atoms with E-state index in [0.29, 0.717) is 0 Å². The molecule has 20 heavy (non-hydrogen) atoms. The number of nitrogens with one attached hydrogen (secondary N) is 1. The van der Waals surface area contributed by atoms with Crippen LogP contribution in [-0.4, -0.2) is 21.3 Å². The van der Waals surface area contributed by atoms with Gasteiger partial charge in [0.25, 0.3) is 0 Å². The SMILES string of the molecule is CCNC(Cc1c(Cl)c(C)nn1C)c1ccnc(C)c1. The number of halogens is 1. The molecule has 0 bridgehead atoms. The minimum absolute atomic E-state index is 0.217. The molecule has 0 aliphatic heterocycles. The van der Waals surface area contributed by atoms with E-state index in [1.165, 1.54) is 5.56 Å². The van der Waals surface area contributed by atoms with Gasteiger partial charge in [-0.1, -0.05) is 18.5 Å². The highest BCUT2D eigenvalue weighted by molar-refractivity contribution is 6.31. The zero-order valence-corrected chi connectivity index (χ0v) is 13.2. The van der Waals surface area contributed by atoms with Crippen molar-refractivity contribution in [1.82, 2.24) is 20.1 Å². The first kappa shape index (κ1) is 15.0. The third-order valence-corrected chi connectivity index (χ3v) is 3.92. The normalized spacial score (nSPS) is 12.7. The van der Waals surface area contributed by atoms with Crippen molar-refractivity contribution >= 4 is 11.6 Å². The number of pyridine rings is 1. The van der Waals surface area contributed by atoms with Gasteiger partial charge in [0.05, 0.1) is 16.4 Å². The number of aromatic nitrogens is 3. The summed E-state index contributed by atoms with van der Waals surface area (Å²) < 4.78 is 1.87. The molecule has 108 valence electrons. The van der Waals surface area contributed by atoms with Crippen molar-refractivity contribution in [2.45, 2.75) is 33.2 Å². The summed E-state index contributed by atoms with van der Waals surface area (Å²) in [5, 5.41) is 8.66. The average molecular weight is 293 g/mol. The zero-order valence-electron chi connectivity index (χ0n) is 12.4. The molecule has 2 heterocycles. The van der Waals surface area contributed by atoms with Gasteiger partial charge < -0.3 is 5.32 Å². The minimum atomic E-state index is 0.217. The molecule has 5 heteroatoms. The molecule has 0 aliphatic carbocycles. The van der Waals surface area contributed by atoms with E-state index in [9.17, 15) is 0 Å². The molecule has 0 aromatic carbocycles. The lowest BCUT2D eigenvalue weighted by atomic mass is 10.0. The van der Waals surface area contributed by atoms with Crippen LogP contribution in [0.15, 0.2) is 18.3 Å². The summed E-state index contributed by atoms with van der Waals surface area (Å²) in [6.07, 6.45) is 2.67. The van der Waals surface area contributed by atoms with Gasteiger partial charge in [0.2, 0.25) is 0 Å². The van der Waals surface area contributed by atoms with Gasteiger partial charge in [-0.3, -0.25) is 9.67 Å². The second-order valence-corrected chi connectivity index (χ2v) is 5.39. The Morgan fingerprint density at radius 3 is 2.70 bits per heavy atom. The fourth-order valence-corrected chi connectivity index (χ4v) is 2.67. The number of hydrogen-bond acceptors (Lipinski definition) is 3. The van der Waals surface area contributed by atoms with Crippen molar-refractivity contribution < 1.29 is 0 Å². The highest BCUT2D eigenvalue weighted by atomic mass is 35.5. The van der Waals surface area contributed by atoms with Gasteiger partial charge in [-0.25, -0.2) is 0 Å². The second kappa shape index (κ2) is 6.37. The average Bonchev–Trinajstić information content (AvgIpc) is 2.64. The predicted molar refractivity (Wildman–Crippen MR) is 82.1 cm³/mol. The van der Waals surface area contributed by atoms with Crippen molar-refractivity contribution in [2.75, 3.05) is 6.54 Å². The van der Waals surface area contributed by atoms with Crippen molar-refractivity contribution in [2.24, 2.45) is 7.05 Å². The summed E-state index contributed by atoms with van der Waals surface area (Å²) in [6.45, 7) is 6.95. The van der Waals surface area contributed by atoms with Gasteiger partial charge in [0.15, 0.2) is 0 Å². The number of hydrogen-bond donors (Lipinski definition) is 1. The third kappa shape index (κ3) is 3.19. The third-order valence-electron chi connectivity index (χ3n) is 3.43. The van der Waals surface area contributed by atoms with Crippen LogP contribution in [0.5, 0.6) is 0 Å². The molecule has 2 aromatic rings. The van der Waals surface area contributed by atoms with Crippen LogP contribution in [-0.2, 0) is 13.5 Å². The van der Waals surface area contributed by atoms with Gasteiger partial charge in [0, 0.05) is 31.4 Å². The molecule has 0 radical (unpaired) electrons. The molecule has 2 aromatic heterocycles. The Hall–Kier alpha value is -1.39. The summed E-state index contributed by atoms with van der Waals surface area (Å²) in [4.78, 5) is 4.26. The van der Waals surface area contributed by atoms with Gasteiger partial charge in [-0.05, 0) is 38.1 Å². The van der Waals surface area contributed by atoms with Crippen LogP contribution >= 0.6 is 11.6 Å². The first-order valence-electron chi connectivity index (χ1n) is 6.86. The Bertz CT molecular complexity index is 592. The quantitative estimate of drug-likeness (QED) is 0.921. The van der Waals surface area contributed by atoms with E-state index in [4.69, 9.17) is 11.6 Å². The Balaban J connectivity index is 2.30. The summed E-state index contributed by atoms with van der Waals surface area (Å²) in [7, 11) is 1.94. The number of nitrogens with zero attached hydrogens (tertiary/aromatic N) is 3. The largest absolute Gasteiger partial charge is 0.310 e. The lowest BCUT2D eigenvalue weighted by Crippen LogP contribution is -2.24. The molecular weight excluding hydrogens is 272 g/mol. The van der Waals surface area contributed by atoms with E-state index < -0.39 is 0 Å². The lowest BCUT2D eigenvalue weighted by Gasteiger charge is -2.19. The van der Waals surface area contributed by atoms with E-state index in [1.807, 2.05) is 31.8 Å². The molecule has 0 aliphatic rings. The summed E-state index contributed by atoms with van der Waals surface area (Å²) in [5.74, 6) is 0. The van der Waals surface area contributed by atoms with Gasteiger partial charge in [0.1, 0.15) is 0 Å². The Morgan fingerprint density at radius 1 is 1.40 bits per heavy atom. The fraction of sp³-hybridized carbons (Fsp3) is 0.467. The van der Waals surface area contributed by atoms with E-state index in [-0.39, 0.29) is 6.04 Å². The molecule has 2 rings (SSSR count). The monoisotopic (exact) mass is 292 g/mol. The van der Waals surface area contributed by atoms with E-state index in [0.717, 1.165) is 35.1 Å². The smallest absolute Gasteiger partial charge is 0.0847 e. The fourth-order valence-electron chi connectivity index (χ4n) is 2.43. The van der Waals surface area contributed by atoms with Crippen LogP contribution in [0, 0.1) is 13.8 Å². The van der Waals surface area contributed by atoms with E-state index in [1.54, 1.807) is 0 Å². The number of rotatable bonds is 5. The second-order valence-electron chi connectivity index (χ2n) is 5.01. The van der Waals surface area contributed by atoms with Gasteiger partial charge in [-0.15, -0.1) is 0 Å². The van der Waals surface area contributed by atoms with Crippen molar-refractivity contribution in [3.63, 3.8) is 0 Å². The molecule has 4 nitrogen and oxygen atoms in total.